The Hall–Kier alpha value is -3.22. The van der Waals surface area contributed by atoms with Crippen molar-refractivity contribution < 1.29 is 19.3 Å². The maximum Gasteiger partial charge on any atom is 0.343 e. The fourth-order valence-corrected chi connectivity index (χ4v) is 1.95. The van der Waals surface area contributed by atoms with E-state index in [-0.39, 0.29) is 11.3 Å². The summed E-state index contributed by atoms with van der Waals surface area (Å²) in [6, 6.07) is 12.2. The van der Waals surface area contributed by atoms with Gasteiger partial charge >= 0.3 is 5.97 Å². The van der Waals surface area contributed by atoms with E-state index in [9.17, 15) is 14.9 Å². The molecule has 7 nitrogen and oxygen atoms in total. The fraction of sp³-hybridized carbons (Fsp3) is 0.125. The molecule has 0 unspecified atom stereocenters. The lowest BCUT2D eigenvalue weighted by atomic mass is 10.1. The first-order chi connectivity index (χ1) is 11.0. The Morgan fingerprint density at radius 2 is 1.91 bits per heavy atom. The van der Waals surface area contributed by atoms with Crippen LogP contribution in [-0.2, 0) is 4.84 Å². The standard InChI is InChI=1S/C16H14N2O5/c1-11(17-22-2)14-8-3-4-9-15(14)23-16(19)12-6-5-7-13(10-12)18(20)21/h3-10H,1-2H3/b17-11+. The van der Waals surface area contributed by atoms with Gasteiger partial charge in [-0.3, -0.25) is 10.1 Å². The molecule has 0 saturated carbocycles. The second-order valence-corrected chi connectivity index (χ2v) is 4.55. The monoisotopic (exact) mass is 314 g/mol. The zero-order valence-corrected chi connectivity index (χ0v) is 12.6. The van der Waals surface area contributed by atoms with E-state index in [0.717, 1.165) is 0 Å². The summed E-state index contributed by atoms with van der Waals surface area (Å²) in [6.45, 7) is 1.71. The highest BCUT2D eigenvalue weighted by molar-refractivity contribution is 6.02. The number of hydrogen-bond donors (Lipinski definition) is 0. The van der Waals surface area contributed by atoms with E-state index in [1.807, 2.05) is 0 Å². The zero-order valence-electron chi connectivity index (χ0n) is 12.6. The average molecular weight is 314 g/mol. The molecule has 0 atom stereocenters. The summed E-state index contributed by atoms with van der Waals surface area (Å²) in [6.07, 6.45) is 0. The van der Waals surface area contributed by atoms with Crippen LogP contribution in [0.25, 0.3) is 0 Å². The quantitative estimate of drug-likeness (QED) is 0.278. The third-order valence-electron chi connectivity index (χ3n) is 3.00. The van der Waals surface area contributed by atoms with Gasteiger partial charge in [-0.2, -0.15) is 0 Å². The minimum absolute atomic E-state index is 0.0929. The molecule has 0 bridgehead atoms. The lowest BCUT2D eigenvalue weighted by Crippen LogP contribution is -2.11. The van der Waals surface area contributed by atoms with Crippen LogP contribution >= 0.6 is 0 Å². The van der Waals surface area contributed by atoms with Gasteiger partial charge in [-0.05, 0) is 25.1 Å². The third-order valence-corrected chi connectivity index (χ3v) is 3.00. The summed E-state index contributed by atoms with van der Waals surface area (Å²) in [4.78, 5) is 27.1. The minimum Gasteiger partial charge on any atom is -0.422 e. The Morgan fingerprint density at radius 1 is 1.17 bits per heavy atom. The van der Waals surface area contributed by atoms with Gasteiger partial charge in [0, 0.05) is 17.7 Å². The van der Waals surface area contributed by atoms with Gasteiger partial charge in [0.15, 0.2) is 0 Å². The largest absolute Gasteiger partial charge is 0.422 e. The lowest BCUT2D eigenvalue weighted by Gasteiger charge is -2.09. The predicted molar refractivity (Wildman–Crippen MR) is 83.7 cm³/mol. The number of benzene rings is 2. The van der Waals surface area contributed by atoms with Gasteiger partial charge < -0.3 is 9.57 Å². The van der Waals surface area contributed by atoms with Gasteiger partial charge in [-0.25, -0.2) is 4.79 Å². The van der Waals surface area contributed by atoms with Crippen molar-refractivity contribution in [3.63, 3.8) is 0 Å². The van der Waals surface area contributed by atoms with Crippen LogP contribution in [0.4, 0.5) is 5.69 Å². The van der Waals surface area contributed by atoms with Crippen molar-refractivity contribution in [2.45, 2.75) is 6.92 Å². The number of nitro benzene ring substituents is 1. The van der Waals surface area contributed by atoms with Crippen LogP contribution in [0, 0.1) is 10.1 Å². The summed E-state index contributed by atoms with van der Waals surface area (Å²) in [7, 11) is 1.42. The Kier molecular flexibility index (Phi) is 5.03. The smallest absolute Gasteiger partial charge is 0.343 e. The van der Waals surface area contributed by atoms with E-state index in [0.29, 0.717) is 17.0 Å². The van der Waals surface area contributed by atoms with Gasteiger partial charge in [0.25, 0.3) is 5.69 Å². The first-order valence-corrected chi connectivity index (χ1v) is 6.66. The average Bonchev–Trinajstić information content (AvgIpc) is 2.55. The number of carbonyl (C=O) groups excluding carboxylic acids is 1. The summed E-state index contributed by atoms with van der Waals surface area (Å²) in [5, 5.41) is 14.6. The van der Waals surface area contributed by atoms with Gasteiger partial charge in [-0.15, -0.1) is 0 Å². The Morgan fingerprint density at radius 3 is 2.61 bits per heavy atom. The summed E-state index contributed by atoms with van der Waals surface area (Å²) in [5.41, 5.74) is 1.04. The van der Waals surface area contributed by atoms with E-state index in [4.69, 9.17) is 9.57 Å². The number of rotatable bonds is 5. The van der Waals surface area contributed by atoms with Gasteiger partial charge in [0.1, 0.15) is 12.9 Å². The molecule has 2 rings (SSSR count). The summed E-state index contributed by atoms with van der Waals surface area (Å²) < 4.78 is 5.34. The number of para-hydroxylation sites is 1. The number of carbonyl (C=O) groups is 1. The molecule has 2 aromatic carbocycles. The molecule has 0 aromatic heterocycles. The van der Waals surface area contributed by atoms with E-state index < -0.39 is 10.9 Å². The van der Waals surface area contributed by atoms with Crippen molar-refractivity contribution in [1.82, 2.24) is 0 Å². The number of ether oxygens (including phenoxy) is 1. The van der Waals surface area contributed by atoms with Crippen LogP contribution in [0.5, 0.6) is 5.75 Å². The first-order valence-electron chi connectivity index (χ1n) is 6.66. The number of hydrogen-bond acceptors (Lipinski definition) is 6. The topological polar surface area (TPSA) is 91.0 Å². The van der Waals surface area contributed by atoms with E-state index in [1.165, 1.54) is 31.4 Å². The molecule has 0 saturated heterocycles. The van der Waals surface area contributed by atoms with Crippen molar-refractivity contribution in [1.29, 1.82) is 0 Å². The van der Waals surface area contributed by atoms with E-state index >= 15 is 0 Å². The van der Waals surface area contributed by atoms with Gasteiger partial charge in [0.05, 0.1) is 16.2 Å². The molecule has 0 aliphatic carbocycles. The van der Waals surface area contributed by atoms with Crippen molar-refractivity contribution >= 4 is 17.4 Å². The van der Waals surface area contributed by atoms with Gasteiger partial charge in [-0.1, -0.05) is 23.4 Å². The van der Waals surface area contributed by atoms with Gasteiger partial charge in [0.2, 0.25) is 0 Å². The SMILES string of the molecule is CO/N=C(\C)c1ccccc1OC(=O)c1cccc([N+](=O)[O-])c1. The maximum atomic E-state index is 12.2. The molecule has 0 N–H and O–H groups in total. The lowest BCUT2D eigenvalue weighted by molar-refractivity contribution is -0.384. The van der Waals surface area contributed by atoms with Crippen molar-refractivity contribution in [2.75, 3.05) is 7.11 Å². The zero-order chi connectivity index (χ0) is 16.8. The van der Waals surface area contributed by atoms with Crippen molar-refractivity contribution in [2.24, 2.45) is 5.16 Å². The molecule has 7 heteroatoms. The van der Waals surface area contributed by atoms with Crippen LogP contribution in [0.15, 0.2) is 53.7 Å². The van der Waals surface area contributed by atoms with Crippen molar-refractivity contribution in [3.05, 3.63) is 69.8 Å². The minimum atomic E-state index is -0.689. The maximum absolute atomic E-state index is 12.2. The van der Waals surface area contributed by atoms with E-state index in [1.54, 1.807) is 31.2 Å². The highest BCUT2D eigenvalue weighted by atomic mass is 16.6. The molecule has 0 radical (unpaired) electrons. The second kappa shape index (κ2) is 7.17. The van der Waals surface area contributed by atoms with Crippen LogP contribution < -0.4 is 4.74 Å². The predicted octanol–water partition coefficient (Wildman–Crippen LogP) is 3.18. The highest BCUT2D eigenvalue weighted by Crippen LogP contribution is 2.21. The highest BCUT2D eigenvalue weighted by Gasteiger charge is 2.16. The number of oxime groups is 1. The molecule has 23 heavy (non-hydrogen) atoms. The van der Waals surface area contributed by atoms with Crippen molar-refractivity contribution in [3.8, 4) is 5.75 Å². The Labute approximate surface area is 132 Å². The Balaban J connectivity index is 2.29. The Bertz CT molecular complexity index is 771. The fourth-order valence-electron chi connectivity index (χ4n) is 1.95. The summed E-state index contributed by atoms with van der Waals surface area (Å²) >= 11 is 0. The molecule has 118 valence electrons. The van der Waals surface area contributed by atoms with Crippen LogP contribution in [0.2, 0.25) is 0 Å². The molecule has 2 aromatic rings. The molecule has 0 fully saturated rings. The molecular weight excluding hydrogens is 300 g/mol. The number of non-ortho nitro benzene ring substituents is 1. The molecular formula is C16H14N2O5. The number of esters is 1. The van der Waals surface area contributed by atoms with Crippen LogP contribution in [0.1, 0.15) is 22.8 Å². The molecule has 0 heterocycles. The molecule has 0 aliphatic rings. The number of nitro groups is 1. The van der Waals surface area contributed by atoms with E-state index in [2.05, 4.69) is 5.16 Å². The molecule has 0 aliphatic heterocycles. The normalized spacial score (nSPS) is 11.0. The second-order valence-electron chi connectivity index (χ2n) is 4.55. The van der Waals surface area contributed by atoms with Crippen LogP contribution in [0.3, 0.4) is 0 Å². The van der Waals surface area contributed by atoms with Crippen LogP contribution in [-0.4, -0.2) is 23.7 Å². The third kappa shape index (κ3) is 3.91. The number of nitrogens with zero attached hydrogens (tertiary/aromatic N) is 2. The summed E-state index contributed by atoms with van der Waals surface area (Å²) in [5.74, 6) is -0.395. The molecule has 0 amide bonds. The first kappa shape index (κ1) is 16.2. The molecule has 0 spiro atoms.